The average molecular weight is 457 g/mol. The molecule has 4 aromatic rings. The van der Waals surface area contributed by atoms with Gasteiger partial charge in [0.2, 0.25) is 0 Å². The number of carbonyl (C=O) groups is 1. The van der Waals surface area contributed by atoms with Crippen molar-refractivity contribution in [3.05, 3.63) is 100 Å². The Kier molecular flexibility index (Phi) is 6.98. The molecule has 0 saturated carbocycles. The number of ether oxygens (including phenoxy) is 1. The van der Waals surface area contributed by atoms with Crippen molar-refractivity contribution in [2.24, 2.45) is 0 Å². The zero-order chi connectivity index (χ0) is 23.9. The Morgan fingerprint density at radius 3 is 2.82 bits per heavy atom. The minimum Gasteiger partial charge on any atom is -0.497 e. The normalized spacial score (nSPS) is 12.0. The van der Waals surface area contributed by atoms with E-state index in [1.165, 1.54) is 0 Å². The highest BCUT2D eigenvalue weighted by atomic mass is 16.5. The highest BCUT2D eigenvalue weighted by Crippen LogP contribution is 2.28. The van der Waals surface area contributed by atoms with Gasteiger partial charge in [0.05, 0.1) is 30.4 Å². The topological polar surface area (TPSA) is 117 Å². The van der Waals surface area contributed by atoms with Gasteiger partial charge in [0, 0.05) is 12.7 Å². The van der Waals surface area contributed by atoms with E-state index >= 15 is 0 Å². The molecule has 0 bridgehead atoms. The Labute approximate surface area is 196 Å². The molecule has 34 heavy (non-hydrogen) atoms. The van der Waals surface area contributed by atoms with Crippen molar-refractivity contribution < 1.29 is 14.6 Å². The lowest BCUT2D eigenvalue weighted by Crippen LogP contribution is -2.18. The van der Waals surface area contributed by atoms with Gasteiger partial charge in [-0.05, 0) is 47.5 Å². The van der Waals surface area contributed by atoms with Crippen LogP contribution in [0.15, 0.2) is 77.7 Å². The van der Waals surface area contributed by atoms with Crippen LogP contribution in [0, 0.1) is 0 Å². The maximum absolute atomic E-state index is 12.9. The van der Waals surface area contributed by atoms with Crippen LogP contribution in [0.1, 0.15) is 29.3 Å². The van der Waals surface area contributed by atoms with Crippen LogP contribution >= 0.6 is 0 Å². The van der Waals surface area contributed by atoms with Crippen LogP contribution in [0.2, 0.25) is 0 Å². The third-order valence-electron chi connectivity index (χ3n) is 5.33. The number of aromatic nitrogens is 3. The van der Waals surface area contributed by atoms with Gasteiger partial charge >= 0.3 is 5.97 Å². The van der Waals surface area contributed by atoms with E-state index in [9.17, 15) is 14.7 Å². The molecule has 2 aromatic heterocycles. The summed E-state index contributed by atoms with van der Waals surface area (Å²) in [5, 5.41) is 13.1. The lowest BCUT2D eigenvalue weighted by molar-refractivity contribution is -0.137. The number of nitrogens with zero attached hydrogens (tertiary/aromatic N) is 2. The summed E-state index contributed by atoms with van der Waals surface area (Å²) >= 11 is 0. The molecule has 0 saturated heterocycles. The van der Waals surface area contributed by atoms with Gasteiger partial charge < -0.3 is 20.1 Å². The summed E-state index contributed by atoms with van der Waals surface area (Å²) in [7, 11) is 1.54. The summed E-state index contributed by atoms with van der Waals surface area (Å²) in [6.07, 6.45) is 5.35. The van der Waals surface area contributed by atoms with Crippen LogP contribution in [0.25, 0.3) is 17.0 Å². The van der Waals surface area contributed by atoms with Gasteiger partial charge in [0.25, 0.3) is 5.56 Å². The summed E-state index contributed by atoms with van der Waals surface area (Å²) < 4.78 is 5.26. The molecular weight excluding hydrogens is 432 g/mol. The number of anilines is 1. The first-order valence-corrected chi connectivity index (χ1v) is 10.7. The van der Waals surface area contributed by atoms with Crippen LogP contribution in [0.5, 0.6) is 5.75 Å². The first-order chi connectivity index (χ1) is 16.5. The van der Waals surface area contributed by atoms with Gasteiger partial charge in [-0.15, -0.1) is 0 Å². The van der Waals surface area contributed by atoms with Crippen LogP contribution in [0.4, 0.5) is 5.82 Å². The van der Waals surface area contributed by atoms with E-state index in [0.29, 0.717) is 34.6 Å². The summed E-state index contributed by atoms with van der Waals surface area (Å²) in [6.45, 7) is 0.583. The number of nitrogens with one attached hydrogen (secondary N) is 2. The van der Waals surface area contributed by atoms with Crippen molar-refractivity contribution in [1.82, 2.24) is 15.0 Å². The van der Waals surface area contributed by atoms with Crippen LogP contribution in [0.3, 0.4) is 0 Å². The summed E-state index contributed by atoms with van der Waals surface area (Å²) in [5.41, 5.74) is 1.73. The smallest absolute Gasteiger partial charge is 0.304 e. The molecule has 8 nitrogen and oxygen atoms in total. The molecule has 0 unspecified atom stereocenters. The lowest BCUT2D eigenvalue weighted by atomic mass is 9.94. The van der Waals surface area contributed by atoms with Crippen LogP contribution in [-0.4, -0.2) is 39.7 Å². The largest absolute Gasteiger partial charge is 0.497 e. The van der Waals surface area contributed by atoms with Gasteiger partial charge in [-0.3, -0.25) is 9.59 Å². The molecule has 8 heteroatoms. The minimum absolute atomic E-state index is 0.217. The molecule has 0 radical (unpaired) electrons. The van der Waals surface area contributed by atoms with Crippen molar-refractivity contribution in [3.63, 3.8) is 0 Å². The van der Waals surface area contributed by atoms with E-state index in [2.05, 4.69) is 20.3 Å². The number of methoxy groups -OCH3 is 1. The van der Waals surface area contributed by atoms with Crippen molar-refractivity contribution >= 4 is 28.8 Å². The van der Waals surface area contributed by atoms with E-state index in [-0.39, 0.29) is 12.0 Å². The third kappa shape index (κ3) is 5.47. The number of fused-ring (bicyclic) bond motifs is 1. The highest BCUT2D eigenvalue weighted by Gasteiger charge is 2.22. The Morgan fingerprint density at radius 2 is 2.06 bits per heavy atom. The molecule has 1 atom stereocenters. The molecule has 0 amide bonds. The fourth-order valence-corrected chi connectivity index (χ4v) is 3.67. The van der Waals surface area contributed by atoms with Gasteiger partial charge in [-0.25, -0.2) is 9.97 Å². The fraction of sp³-hybridized carbons (Fsp3) is 0.154. The summed E-state index contributed by atoms with van der Waals surface area (Å²) in [6, 6.07) is 18.2. The number of benzene rings is 2. The molecule has 172 valence electrons. The predicted molar refractivity (Wildman–Crippen MR) is 131 cm³/mol. The second kappa shape index (κ2) is 10.4. The number of H-pyrrole nitrogens is 1. The van der Waals surface area contributed by atoms with Gasteiger partial charge in [-0.1, -0.05) is 36.4 Å². The molecule has 0 aliphatic carbocycles. The molecule has 0 spiro atoms. The second-order valence-electron chi connectivity index (χ2n) is 7.65. The molecule has 0 aliphatic rings. The number of rotatable bonds is 9. The van der Waals surface area contributed by atoms with E-state index in [4.69, 9.17) is 4.74 Å². The SMILES string of the molecule is COc1cccc([C@@H](CC(=O)O)c2nc3ccc(C=CCNc4ccccn4)cc3c(=O)[nH]2)c1. The van der Waals surface area contributed by atoms with Crippen LogP contribution in [-0.2, 0) is 4.79 Å². The number of hydrogen-bond acceptors (Lipinski definition) is 6. The maximum atomic E-state index is 12.9. The summed E-state index contributed by atoms with van der Waals surface area (Å²) in [4.78, 5) is 36.0. The van der Waals surface area contributed by atoms with Crippen LogP contribution < -0.4 is 15.6 Å². The Bertz CT molecular complexity index is 1380. The third-order valence-corrected chi connectivity index (χ3v) is 5.33. The van der Waals surface area contributed by atoms with Crippen molar-refractivity contribution in [2.45, 2.75) is 12.3 Å². The molecule has 3 N–H and O–H groups in total. The monoisotopic (exact) mass is 456 g/mol. The molecule has 0 fully saturated rings. The van der Waals surface area contributed by atoms with Gasteiger partial charge in [0.1, 0.15) is 17.4 Å². The second-order valence-corrected chi connectivity index (χ2v) is 7.65. The quantitative estimate of drug-likeness (QED) is 0.348. The zero-order valence-electron chi connectivity index (χ0n) is 18.6. The molecular formula is C26H24N4O4. The first-order valence-electron chi connectivity index (χ1n) is 10.7. The number of carboxylic acids is 1. The van der Waals surface area contributed by atoms with Crippen molar-refractivity contribution in [1.29, 1.82) is 0 Å². The number of carboxylic acid groups (broad SMARTS) is 1. The highest BCUT2D eigenvalue weighted by molar-refractivity contribution is 5.80. The Hall–Kier alpha value is -4.46. The maximum Gasteiger partial charge on any atom is 0.304 e. The minimum atomic E-state index is -0.990. The number of aromatic amines is 1. The van der Waals surface area contributed by atoms with E-state index in [1.54, 1.807) is 49.7 Å². The molecule has 2 heterocycles. The average Bonchev–Trinajstić information content (AvgIpc) is 2.86. The fourth-order valence-electron chi connectivity index (χ4n) is 3.67. The van der Waals surface area contributed by atoms with E-state index in [0.717, 1.165) is 11.4 Å². The zero-order valence-corrected chi connectivity index (χ0v) is 18.6. The van der Waals surface area contributed by atoms with Crippen molar-refractivity contribution in [3.8, 4) is 5.75 Å². The Balaban J connectivity index is 1.60. The van der Waals surface area contributed by atoms with Crippen molar-refractivity contribution in [2.75, 3.05) is 19.0 Å². The molecule has 0 aliphatic heterocycles. The first kappa shape index (κ1) is 22.7. The Morgan fingerprint density at radius 1 is 1.18 bits per heavy atom. The standard InChI is InChI=1S/C26H24N4O4/c1-34-19-8-4-7-18(15-19)20(16-24(31)32)25-29-22-11-10-17(14-21(22)26(33)30-25)6-5-13-28-23-9-2-3-12-27-23/h2-12,14-15,20H,13,16H2,1H3,(H,27,28)(H,31,32)(H,29,30,33)/t20-/m1/s1. The van der Waals surface area contributed by atoms with Gasteiger partial charge in [0.15, 0.2) is 0 Å². The predicted octanol–water partition coefficient (Wildman–Crippen LogP) is 4.06. The lowest BCUT2D eigenvalue weighted by Gasteiger charge is -2.16. The van der Waals surface area contributed by atoms with E-state index < -0.39 is 11.9 Å². The van der Waals surface area contributed by atoms with Gasteiger partial charge in [-0.2, -0.15) is 0 Å². The number of aliphatic carboxylic acids is 1. The summed E-state index contributed by atoms with van der Waals surface area (Å²) in [5.74, 6) is 0.0732. The molecule has 2 aromatic carbocycles. The number of pyridine rings is 1. The molecule has 4 rings (SSSR count). The number of hydrogen-bond donors (Lipinski definition) is 3. The van der Waals surface area contributed by atoms with E-state index in [1.807, 2.05) is 36.4 Å².